The molecule has 0 aromatic rings. The highest BCUT2D eigenvalue weighted by atomic mass is 16.3. The van der Waals surface area contributed by atoms with Gasteiger partial charge in [0.15, 0.2) is 0 Å². The largest absolute Gasteiger partial charge is 0.389 e. The van der Waals surface area contributed by atoms with E-state index >= 15 is 0 Å². The van der Waals surface area contributed by atoms with Crippen LogP contribution in [0.2, 0.25) is 0 Å². The van der Waals surface area contributed by atoms with Crippen LogP contribution in [0.4, 0.5) is 0 Å². The van der Waals surface area contributed by atoms with Gasteiger partial charge in [0, 0.05) is 0 Å². The van der Waals surface area contributed by atoms with Gasteiger partial charge in [-0.2, -0.15) is 0 Å². The van der Waals surface area contributed by atoms with E-state index in [2.05, 4.69) is 27.7 Å². The fraction of sp³-hybridized carbons (Fsp3) is 1.00. The summed E-state index contributed by atoms with van der Waals surface area (Å²) in [5, 5.41) is 10.7. The molecule has 1 N–H and O–H groups in total. The summed E-state index contributed by atoms with van der Waals surface area (Å²) < 4.78 is 0. The van der Waals surface area contributed by atoms with E-state index in [-0.39, 0.29) is 5.41 Å². The monoisotopic (exact) mass is 198 g/mol. The van der Waals surface area contributed by atoms with Crippen LogP contribution in [0.25, 0.3) is 0 Å². The summed E-state index contributed by atoms with van der Waals surface area (Å²) in [4.78, 5) is 0. The Kier molecular flexibility index (Phi) is 3.63. The third-order valence-corrected chi connectivity index (χ3v) is 4.28. The number of hydrogen-bond acceptors (Lipinski definition) is 1. The maximum Gasteiger partial charge on any atom is 0.0701 e. The van der Waals surface area contributed by atoms with E-state index in [4.69, 9.17) is 0 Å². The zero-order valence-electron chi connectivity index (χ0n) is 10.3. The Morgan fingerprint density at radius 3 is 2.29 bits per heavy atom. The Morgan fingerprint density at radius 1 is 1.21 bits per heavy atom. The second-order valence-corrected chi connectivity index (χ2v) is 5.84. The van der Waals surface area contributed by atoms with Gasteiger partial charge in [-0.1, -0.05) is 47.0 Å². The molecule has 1 saturated carbocycles. The van der Waals surface area contributed by atoms with Crippen molar-refractivity contribution >= 4 is 0 Å². The standard InChI is InChI=1S/C13H26O/c1-5-11(2)10-13(14)9-7-6-8-12(13,3)4/h11,14H,5-10H2,1-4H3. The molecule has 2 unspecified atom stereocenters. The molecule has 2 atom stereocenters. The van der Waals surface area contributed by atoms with Crippen LogP contribution in [0.5, 0.6) is 0 Å². The van der Waals surface area contributed by atoms with E-state index in [1.807, 2.05) is 0 Å². The third-order valence-electron chi connectivity index (χ3n) is 4.28. The van der Waals surface area contributed by atoms with Gasteiger partial charge in [-0.25, -0.2) is 0 Å². The zero-order valence-corrected chi connectivity index (χ0v) is 10.3. The van der Waals surface area contributed by atoms with Crippen molar-refractivity contribution in [2.24, 2.45) is 11.3 Å². The van der Waals surface area contributed by atoms with Crippen LogP contribution < -0.4 is 0 Å². The van der Waals surface area contributed by atoms with E-state index in [1.54, 1.807) is 0 Å². The second kappa shape index (κ2) is 4.22. The normalized spacial score (nSPS) is 34.1. The SMILES string of the molecule is CCC(C)CC1(O)CCCCC1(C)C. The summed E-state index contributed by atoms with van der Waals surface area (Å²) in [6.45, 7) is 8.93. The minimum Gasteiger partial charge on any atom is -0.389 e. The molecular weight excluding hydrogens is 172 g/mol. The van der Waals surface area contributed by atoms with Crippen LogP contribution in [0.3, 0.4) is 0 Å². The Labute approximate surface area is 88.9 Å². The van der Waals surface area contributed by atoms with Crippen LogP contribution in [-0.4, -0.2) is 10.7 Å². The first-order valence-electron chi connectivity index (χ1n) is 6.14. The quantitative estimate of drug-likeness (QED) is 0.732. The van der Waals surface area contributed by atoms with Crippen LogP contribution in [-0.2, 0) is 0 Å². The first-order valence-corrected chi connectivity index (χ1v) is 6.14. The lowest BCUT2D eigenvalue weighted by Crippen LogP contribution is -2.48. The molecule has 0 heterocycles. The maximum atomic E-state index is 10.7. The van der Waals surface area contributed by atoms with Gasteiger partial charge in [-0.3, -0.25) is 0 Å². The van der Waals surface area contributed by atoms with Crippen LogP contribution in [0.1, 0.15) is 66.2 Å². The molecule has 84 valence electrons. The van der Waals surface area contributed by atoms with Gasteiger partial charge in [-0.05, 0) is 30.6 Å². The highest BCUT2D eigenvalue weighted by Gasteiger charge is 2.45. The molecule has 1 heteroatoms. The van der Waals surface area contributed by atoms with Crippen molar-refractivity contribution in [1.29, 1.82) is 0 Å². The maximum absolute atomic E-state index is 10.7. The van der Waals surface area contributed by atoms with E-state index in [0.29, 0.717) is 5.92 Å². The van der Waals surface area contributed by atoms with Gasteiger partial charge in [0.05, 0.1) is 5.60 Å². The number of hydrogen-bond donors (Lipinski definition) is 1. The average molecular weight is 198 g/mol. The van der Waals surface area contributed by atoms with Crippen molar-refractivity contribution in [2.45, 2.75) is 71.8 Å². The molecule has 0 amide bonds. The van der Waals surface area contributed by atoms with Crippen molar-refractivity contribution in [3.05, 3.63) is 0 Å². The summed E-state index contributed by atoms with van der Waals surface area (Å²) in [5.41, 5.74) is -0.282. The molecule has 1 aliphatic rings. The molecule has 0 aliphatic heterocycles. The van der Waals surface area contributed by atoms with Gasteiger partial charge in [0.25, 0.3) is 0 Å². The van der Waals surface area contributed by atoms with Gasteiger partial charge < -0.3 is 5.11 Å². The molecular formula is C13H26O. The number of aliphatic hydroxyl groups is 1. The van der Waals surface area contributed by atoms with Gasteiger partial charge in [0.1, 0.15) is 0 Å². The molecule has 0 bridgehead atoms. The highest BCUT2D eigenvalue weighted by Crippen LogP contribution is 2.47. The van der Waals surface area contributed by atoms with Gasteiger partial charge >= 0.3 is 0 Å². The van der Waals surface area contributed by atoms with Crippen molar-refractivity contribution in [2.75, 3.05) is 0 Å². The number of rotatable bonds is 3. The minimum atomic E-state index is -0.402. The predicted molar refractivity (Wildman–Crippen MR) is 61.3 cm³/mol. The fourth-order valence-corrected chi connectivity index (χ4v) is 2.65. The lowest BCUT2D eigenvalue weighted by atomic mass is 9.62. The second-order valence-electron chi connectivity index (χ2n) is 5.84. The lowest BCUT2D eigenvalue weighted by Gasteiger charge is -2.47. The first-order chi connectivity index (χ1) is 6.41. The summed E-state index contributed by atoms with van der Waals surface area (Å²) in [5.74, 6) is 0.650. The summed E-state index contributed by atoms with van der Waals surface area (Å²) in [7, 11) is 0. The first kappa shape index (κ1) is 12.0. The van der Waals surface area contributed by atoms with Crippen molar-refractivity contribution in [1.82, 2.24) is 0 Å². The molecule has 0 spiro atoms. The molecule has 0 aromatic carbocycles. The molecule has 14 heavy (non-hydrogen) atoms. The third kappa shape index (κ3) is 2.31. The molecule has 0 saturated heterocycles. The van der Waals surface area contributed by atoms with Crippen molar-refractivity contribution in [3.8, 4) is 0 Å². The minimum absolute atomic E-state index is 0.120. The lowest BCUT2D eigenvalue weighted by molar-refractivity contribution is -0.110. The predicted octanol–water partition coefficient (Wildman–Crippen LogP) is 3.75. The molecule has 1 rings (SSSR count). The smallest absolute Gasteiger partial charge is 0.0701 e. The molecule has 1 aliphatic carbocycles. The van der Waals surface area contributed by atoms with E-state index in [9.17, 15) is 5.11 Å². The Balaban J connectivity index is 2.68. The Bertz CT molecular complexity index is 186. The zero-order chi connectivity index (χ0) is 10.8. The Hall–Kier alpha value is -0.0400. The highest BCUT2D eigenvalue weighted by molar-refractivity contribution is 4.96. The molecule has 0 aromatic heterocycles. The van der Waals surface area contributed by atoms with Crippen molar-refractivity contribution < 1.29 is 5.11 Å². The van der Waals surface area contributed by atoms with Gasteiger partial charge in [0.2, 0.25) is 0 Å². The fourth-order valence-electron chi connectivity index (χ4n) is 2.65. The van der Waals surface area contributed by atoms with E-state index in [1.165, 1.54) is 25.7 Å². The summed E-state index contributed by atoms with van der Waals surface area (Å²) >= 11 is 0. The summed E-state index contributed by atoms with van der Waals surface area (Å²) in [6, 6.07) is 0. The van der Waals surface area contributed by atoms with E-state index < -0.39 is 5.60 Å². The Morgan fingerprint density at radius 2 is 1.79 bits per heavy atom. The van der Waals surface area contributed by atoms with Crippen LogP contribution >= 0.6 is 0 Å². The van der Waals surface area contributed by atoms with Crippen molar-refractivity contribution in [3.63, 3.8) is 0 Å². The molecule has 1 nitrogen and oxygen atoms in total. The average Bonchev–Trinajstić information content (AvgIpc) is 2.10. The van der Waals surface area contributed by atoms with Crippen LogP contribution in [0, 0.1) is 11.3 Å². The van der Waals surface area contributed by atoms with Crippen LogP contribution in [0.15, 0.2) is 0 Å². The summed E-state index contributed by atoms with van der Waals surface area (Å²) in [6.07, 6.45) is 6.84. The van der Waals surface area contributed by atoms with Gasteiger partial charge in [-0.15, -0.1) is 0 Å². The van der Waals surface area contributed by atoms with E-state index in [0.717, 1.165) is 12.8 Å². The molecule has 0 radical (unpaired) electrons. The molecule has 1 fully saturated rings. The topological polar surface area (TPSA) is 20.2 Å².